The highest BCUT2D eigenvalue weighted by Crippen LogP contribution is 2.27. The van der Waals surface area contributed by atoms with Crippen LogP contribution >= 0.6 is 27.5 Å². The first-order valence-electron chi connectivity index (χ1n) is 14.2. The zero-order valence-corrected chi connectivity index (χ0v) is 27.9. The highest BCUT2D eigenvalue weighted by Gasteiger charge is 2.34. The molecule has 4 aromatic carbocycles. The van der Waals surface area contributed by atoms with Gasteiger partial charge in [0.15, 0.2) is 0 Å². The minimum Gasteiger partial charge on any atom is -0.352 e. The molecule has 0 bridgehead atoms. The normalized spacial score (nSPS) is 12.0. The third kappa shape index (κ3) is 8.71. The van der Waals surface area contributed by atoms with Crippen molar-refractivity contribution in [2.24, 2.45) is 0 Å². The lowest BCUT2D eigenvalue weighted by molar-refractivity contribution is -0.140. The molecule has 1 atom stereocenters. The Labute approximate surface area is 273 Å². The number of nitrogens with zero attached hydrogens (tertiary/aromatic N) is 2. The van der Waals surface area contributed by atoms with Crippen molar-refractivity contribution >= 4 is 55.1 Å². The second kappa shape index (κ2) is 14.9. The second-order valence-corrected chi connectivity index (χ2v) is 14.0. The summed E-state index contributed by atoms with van der Waals surface area (Å²) < 4.78 is 30.0. The van der Waals surface area contributed by atoms with E-state index in [-0.39, 0.29) is 29.8 Å². The molecule has 0 heterocycles. The number of hydrogen-bond acceptors (Lipinski definition) is 4. The number of aryl methyl sites for hydroxylation is 1. The van der Waals surface area contributed by atoms with Gasteiger partial charge in [0.25, 0.3) is 10.0 Å². The van der Waals surface area contributed by atoms with Crippen molar-refractivity contribution in [2.45, 2.75) is 50.7 Å². The topological polar surface area (TPSA) is 86.8 Å². The summed E-state index contributed by atoms with van der Waals surface area (Å²) in [6.07, 6.45) is 0.238. The number of rotatable bonds is 12. The fourth-order valence-corrected chi connectivity index (χ4v) is 6.50. The molecule has 1 N–H and O–H groups in total. The summed E-state index contributed by atoms with van der Waals surface area (Å²) in [7, 11) is -4.16. The lowest BCUT2D eigenvalue weighted by atomic mass is 10.0. The first-order chi connectivity index (χ1) is 20.9. The maximum Gasteiger partial charge on any atom is 0.264 e. The van der Waals surface area contributed by atoms with Crippen LogP contribution in [0.1, 0.15) is 30.5 Å². The third-order valence-electron chi connectivity index (χ3n) is 6.97. The van der Waals surface area contributed by atoms with Crippen LogP contribution in [0.25, 0.3) is 0 Å². The number of hydrogen-bond donors (Lipinski definition) is 1. The quantitative estimate of drug-likeness (QED) is 0.177. The molecule has 44 heavy (non-hydrogen) atoms. The molecule has 0 saturated carbocycles. The minimum absolute atomic E-state index is 0.0569. The van der Waals surface area contributed by atoms with Crippen LogP contribution in [0.4, 0.5) is 5.69 Å². The van der Waals surface area contributed by atoms with E-state index in [1.807, 2.05) is 51.1 Å². The Morgan fingerprint density at radius 2 is 1.45 bits per heavy atom. The highest BCUT2D eigenvalue weighted by molar-refractivity contribution is 9.10. The summed E-state index contributed by atoms with van der Waals surface area (Å²) in [5.41, 5.74) is 2.83. The van der Waals surface area contributed by atoms with Crippen molar-refractivity contribution in [1.82, 2.24) is 10.2 Å². The Bertz CT molecular complexity index is 1660. The minimum atomic E-state index is -4.16. The van der Waals surface area contributed by atoms with Crippen molar-refractivity contribution in [1.29, 1.82) is 0 Å². The van der Waals surface area contributed by atoms with Gasteiger partial charge in [0.1, 0.15) is 12.6 Å². The van der Waals surface area contributed by atoms with E-state index in [9.17, 15) is 18.0 Å². The fraction of sp³-hybridized carbons (Fsp3) is 0.235. The smallest absolute Gasteiger partial charge is 0.264 e. The van der Waals surface area contributed by atoms with E-state index in [2.05, 4.69) is 21.2 Å². The molecule has 0 aliphatic heterocycles. The van der Waals surface area contributed by atoms with E-state index in [0.29, 0.717) is 10.7 Å². The molecule has 0 radical (unpaired) electrons. The van der Waals surface area contributed by atoms with E-state index >= 15 is 0 Å². The van der Waals surface area contributed by atoms with Crippen LogP contribution in [0, 0.1) is 6.92 Å². The van der Waals surface area contributed by atoms with Gasteiger partial charge in [-0.25, -0.2) is 8.42 Å². The standard InChI is InChI=1S/C34H35BrClN3O4S/c1-24(2)37-34(41)32(21-26-7-5-4-6-8-26)38(22-27-11-15-29(36)16-12-27)33(40)23-39(30-17-13-28(35)14-18-30)44(42,43)31-19-9-25(3)10-20-31/h4-20,24,32H,21-23H2,1-3H3,(H,37,41)/t32-/m1/s1. The summed E-state index contributed by atoms with van der Waals surface area (Å²) in [5, 5.41) is 3.49. The Hall–Kier alpha value is -3.66. The van der Waals surface area contributed by atoms with Gasteiger partial charge in [0, 0.05) is 28.5 Å². The molecule has 4 rings (SSSR count). The van der Waals surface area contributed by atoms with E-state index in [1.165, 1.54) is 17.0 Å². The summed E-state index contributed by atoms with van der Waals surface area (Å²) in [6, 6.07) is 28.6. The van der Waals surface area contributed by atoms with E-state index < -0.39 is 28.5 Å². The number of amides is 2. The molecule has 2 amide bonds. The van der Waals surface area contributed by atoms with Gasteiger partial charge in [-0.15, -0.1) is 0 Å². The van der Waals surface area contributed by atoms with Gasteiger partial charge in [0.2, 0.25) is 11.8 Å². The predicted octanol–water partition coefficient (Wildman–Crippen LogP) is 6.77. The van der Waals surface area contributed by atoms with Crippen LogP contribution in [-0.4, -0.2) is 43.8 Å². The molecule has 0 aromatic heterocycles. The van der Waals surface area contributed by atoms with E-state index in [1.54, 1.807) is 60.7 Å². The molecular formula is C34H35BrClN3O4S. The Balaban J connectivity index is 1.79. The highest BCUT2D eigenvalue weighted by atomic mass is 79.9. The molecular weight excluding hydrogens is 662 g/mol. The molecule has 230 valence electrons. The predicted molar refractivity (Wildman–Crippen MR) is 179 cm³/mol. The van der Waals surface area contributed by atoms with Gasteiger partial charge in [-0.1, -0.05) is 87.7 Å². The van der Waals surface area contributed by atoms with E-state index in [4.69, 9.17) is 11.6 Å². The third-order valence-corrected chi connectivity index (χ3v) is 9.54. The SMILES string of the molecule is Cc1ccc(S(=O)(=O)N(CC(=O)N(Cc2ccc(Cl)cc2)[C@H](Cc2ccccc2)C(=O)NC(C)C)c2ccc(Br)cc2)cc1. The van der Waals surface area contributed by atoms with Crippen LogP contribution in [0.5, 0.6) is 0 Å². The van der Waals surface area contributed by atoms with Crippen molar-refractivity contribution in [3.63, 3.8) is 0 Å². The zero-order valence-electron chi connectivity index (χ0n) is 24.8. The van der Waals surface area contributed by atoms with E-state index in [0.717, 1.165) is 25.5 Å². The fourth-order valence-electron chi connectivity index (χ4n) is 4.69. The lowest BCUT2D eigenvalue weighted by Crippen LogP contribution is -2.54. The number of sulfonamides is 1. The molecule has 0 aliphatic carbocycles. The van der Waals surface area contributed by atoms with Crippen LogP contribution in [0.15, 0.2) is 112 Å². The number of benzene rings is 4. The number of anilines is 1. The number of carbonyl (C=O) groups excluding carboxylic acids is 2. The molecule has 0 fully saturated rings. The molecule has 4 aromatic rings. The van der Waals surface area contributed by atoms with Crippen LogP contribution < -0.4 is 9.62 Å². The molecule has 0 unspecified atom stereocenters. The Kier molecular flexibility index (Phi) is 11.2. The van der Waals surface area contributed by atoms with Crippen LogP contribution in [0.3, 0.4) is 0 Å². The largest absolute Gasteiger partial charge is 0.352 e. The zero-order chi connectivity index (χ0) is 31.9. The van der Waals surface area contributed by atoms with Crippen LogP contribution in [-0.2, 0) is 32.6 Å². The second-order valence-electron chi connectivity index (χ2n) is 10.8. The number of nitrogens with one attached hydrogen (secondary N) is 1. The number of halogens is 2. The van der Waals surface area contributed by atoms with Gasteiger partial charge < -0.3 is 10.2 Å². The Morgan fingerprint density at radius 3 is 2.05 bits per heavy atom. The first-order valence-corrected chi connectivity index (χ1v) is 16.8. The number of carbonyl (C=O) groups is 2. The summed E-state index contributed by atoms with van der Waals surface area (Å²) in [4.78, 5) is 29.7. The summed E-state index contributed by atoms with van der Waals surface area (Å²) in [5.74, 6) is -0.860. The maximum atomic E-state index is 14.4. The van der Waals surface area contributed by atoms with Crippen molar-refractivity contribution in [3.8, 4) is 0 Å². The molecule has 7 nitrogen and oxygen atoms in total. The van der Waals surface area contributed by atoms with Gasteiger partial charge in [-0.2, -0.15) is 0 Å². The summed E-state index contributed by atoms with van der Waals surface area (Å²) in [6.45, 7) is 5.12. The van der Waals surface area contributed by atoms with Crippen molar-refractivity contribution in [2.75, 3.05) is 10.8 Å². The van der Waals surface area contributed by atoms with Gasteiger partial charge in [-0.05, 0) is 80.4 Å². The Morgan fingerprint density at radius 1 is 0.841 bits per heavy atom. The maximum absolute atomic E-state index is 14.4. The first kappa shape index (κ1) is 33.2. The molecule has 0 saturated heterocycles. The van der Waals surface area contributed by atoms with Gasteiger partial charge >= 0.3 is 0 Å². The van der Waals surface area contributed by atoms with Crippen LogP contribution in [0.2, 0.25) is 5.02 Å². The average molecular weight is 697 g/mol. The summed E-state index contributed by atoms with van der Waals surface area (Å²) >= 11 is 9.54. The average Bonchev–Trinajstić information content (AvgIpc) is 2.99. The lowest BCUT2D eigenvalue weighted by Gasteiger charge is -2.34. The van der Waals surface area contributed by atoms with Crippen molar-refractivity contribution < 1.29 is 18.0 Å². The van der Waals surface area contributed by atoms with Gasteiger partial charge in [-0.3, -0.25) is 13.9 Å². The molecule has 0 spiro atoms. The molecule has 10 heteroatoms. The van der Waals surface area contributed by atoms with Crippen molar-refractivity contribution in [3.05, 3.63) is 129 Å². The molecule has 0 aliphatic rings. The van der Waals surface area contributed by atoms with Gasteiger partial charge in [0.05, 0.1) is 10.6 Å². The monoisotopic (exact) mass is 695 g/mol.